The standard InChI is InChI=1S/C18H22N10O4S2/c19-7-2-8-22-34(31,32)13-6-5-10(11-3-1-4-12-16(11)24-14(9-20)23-12)15(17(13)33(21,29)30)18-25-27-28-26-18/h1,3-6,22H,2,7-9,19-20H2,(H,23,24)(H2,21,29,30)(H,25,26,27,28). The molecule has 0 aliphatic carbocycles. The van der Waals surface area contributed by atoms with E-state index in [1.54, 1.807) is 18.2 Å². The molecule has 0 unspecified atom stereocenters. The topological polar surface area (TPSA) is 242 Å². The van der Waals surface area contributed by atoms with Crippen LogP contribution in [0, 0.1) is 0 Å². The first-order chi connectivity index (χ1) is 16.2. The molecule has 4 rings (SSSR count). The van der Waals surface area contributed by atoms with Crippen LogP contribution in [0.1, 0.15) is 12.2 Å². The number of nitrogens with two attached hydrogens (primary N) is 3. The zero-order chi connectivity index (χ0) is 24.5. The third kappa shape index (κ3) is 4.41. The van der Waals surface area contributed by atoms with Crippen molar-refractivity contribution in [3.8, 4) is 22.5 Å². The van der Waals surface area contributed by atoms with Gasteiger partial charge in [0.15, 0.2) is 0 Å². The Morgan fingerprint density at radius 3 is 2.47 bits per heavy atom. The molecule has 0 saturated heterocycles. The molecule has 4 aromatic rings. The Morgan fingerprint density at radius 2 is 1.82 bits per heavy atom. The average molecular weight is 507 g/mol. The molecule has 0 radical (unpaired) electrons. The number of tetrazole rings is 1. The van der Waals surface area contributed by atoms with E-state index in [2.05, 4.69) is 35.3 Å². The molecule has 34 heavy (non-hydrogen) atoms. The predicted octanol–water partition coefficient (Wildman–Crippen LogP) is -0.857. The van der Waals surface area contributed by atoms with Crippen LogP contribution in [0.5, 0.6) is 0 Å². The minimum atomic E-state index is -4.60. The molecular formula is C18H22N10O4S2. The highest BCUT2D eigenvalue weighted by Gasteiger charge is 2.32. The normalized spacial score (nSPS) is 12.4. The Bertz CT molecular complexity index is 1550. The third-order valence-corrected chi connectivity index (χ3v) is 7.61. The van der Waals surface area contributed by atoms with Gasteiger partial charge in [0.1, 0.15) is 15.6 Å². The number of hydrogen-bond acceptors (Lipinski definition) is 10. The number of H-pyrrole nitrogens is 2. The Morgan fingerprint density at radius 1 is 1.03 bits per heavy atom. The van der Waals surface area contributed by atoms with Gasteiger partial charge >= 0.3 is 0 Å². The van der Waals surface area contributed by atoms with Crippen LogP contribution in [0.4, 0.5) is 0 Å². The molecule has 0 aliphatic heterocycles. The van der Waals surface area contributed by atoms with Crippen molar-refractivity contribution in [3.05, 3.63) is 36.2 Å². The monoisotopic (exact) mass is 506 g/mol. The lowest BCUT2D eigenvalue weighted by Crippen LogP contribution is -2.29. The van der Waals surface area contributed by atoms with Crippen LogP contribution >= 0.6 is 0 Å². The largest absolute Gasteiger partial charge is 0.341 e. The molecule has 0 amide bonds. The summed E-state index contributed by atoms with van der Waals surface area (Å²) in [7, 11) is -8.89. The lowest BCUT2D eigenvalue weighted by Gasteiger charge is -2.16. The molecule has 0 fully saturated rings. The van der Waals surface area contributed by atoms with Gasteiger partial charge in [0.2, 0.25) is 25.9 Å². The van der Waals surface area contributed by atoms with Crippen molar-refractivity contribution in [2.45, 2.75) is 22.8 Å². The SMILES string of the molecule is NCCCNS(=O)(=O)c1ccc(-c2cccc3[nH]c(CN)nc23)c(-c2nn[nH]n2)c1S(N)(=O)=O. The minimum absolute atomic E-state index is 0.0105. The molecule has 9 N–H and O–H groups in total. The average Bonchev–Trinajstić information content (AvgIpc) is 3.47. The van der Waals surface area contributed by atoms with Crippen LogP contribution in [0.2, 0.25) is 0 Å². The van der Waals surface area contributed by atoms with Crippen LogP contribution in [0.3, 0.4) is 0 Å². The van der Waals surface area contributed by atoms with Gasteiger partial charge in [-0.15, -0.1) is 10.2 Å². The zero-order valence-corrected chi connectivity index (χ0v) is 19.3. The second kappa shape index (κ2) is 9.16. The summed E-state index contributed by atoms with van der Waals surface area (Å²) in [5.41, 5.74) is 12.9. The van der Waals surface area contributed by atoms with Gasteiger partial charge in [-0.25, -0.2) is 31.7 Å². The summed E-state index contributed by atoms with van der Waals surface area (Å²) < 4.78 is 54.0. The van der Waals surface area contributed by atoms with E-state index in [9.17, 15) is 16.8 Å². The van der Waals surface area contributed by atoms with Crippen molar-refractivity contribution in [3.63, 3.8) is 0 Å². The Hall–Kier alpha value is -3.28. The Labute approximate surface area is 194 Å². The number of aromatic nitrogens is 6. The zero-order valence-electron chi connectivity index (χ0n) is 17.7. The van der Waals surface area contributed by atoms with Crippen LogP contribution in [-0.2, 0) is 26.6 Å². The maximum absolute atomic E-state index is 13.0. The Kier molecular flexibility index (Phi) is 6.43. The van der Waals surface area contributed by atoms with E-state index in [-0.39, 0.29) is 36.6 Å². The molecule has 2 aromatic heterocycles. The van der Waals surface area contributed by atoms with E-state index < -0.39 is 29.8 Å². The van der Waals surface area contributed by atoms with E-state index in [1.165, 1.54) is 12.1 Å². The number of fused-ring (bicyclic) bond motifs is 1. The fourth-order valence-corrected chi connectivity index (χ4v) is 6.23. The summed E-state index contributed by atoms with van der Waals surface area (Å²) in [4.78, 5) is 6.33. The second-order valence-corrected chi connectivity index (χ2v) is 10.5. The van der Waals surface area contributed by atoms with Crippen molar-refractivity contribution < 1.29 is 16.8 Å². The molecule has 0 bridgehead atoms. The molecule has 0 atom stereocenters. The summed E-state index contributed by atoms with van der Waals surface area (Å²) >= 11 is 0. The first kappa shape index (κ1) is 23.9. The van der Waals surface area contributed by atoms with E-state index in [0.29, 0.717) is 28.8 Å². The van der Waals surface area contributed by atoms with Gasteiger partial charge in [-0.05, 0) is 35.9 Å². The lowest BCUT2D eigenvalue weighted by molar-refractivity contribution is 0.572. The second-order valence-electron chi connectivity index (χ2n) is 7.23. The highest BCUT2D eigenvalue weighted by atomic mass is 32.2. The quantitative estimate of drug-likeness (QED) is 0.153. The van der Waals surface area contributed by atoms with Crippen LogP contribution in [0.25, 0.3) is 33.5 Å². The minimum Gasteiger partial charge on any atom is -0.341 e. The van der Waals surface area contributed by atoms with E-state index in [1.807, 2.05) is 0 Å². The van der Waals surface area contributed by atoms with Gasteiger partial charge in [-0.1, -0.05) is 18.2 Å². The van der Waals surface area contributed by atoms with Crippen molar-refractivity contribution in [2.75, 3.05) is 13.1 Å². The van der Waals surface area contributed by atoms with E-state index in [0.717, 1.165) is 0 Å². The molecule has 14 nitrogen and oxygen atoms in total. The number of sulfonamides is 2. The first-order valence-corrected chi connectivity index (χ1v) is 13.0. The maximum Gasteiger partial charge on any atom is 0.241 e. The summed E-state index contributed by atoms with van der Waals surface area (Å²) in [6, 6.07) is 7.82. The van der Waals surface area contributed by atoms with Gasteiger partial charge in [0.05, 0.1) is 23.1 Å². The number of nitrogens with zero attached hydrogens (tertiary/aromatic N) is 4. The van der Waals surface area contributed by atoms with Gasteiger partial charge < -0.3 is 16.5 Å². The number of rotatable bonds is 9. The highest BCUT2D eigenvalue weighted by Crippen LogP contribution is 2.40. The predicted molar refractivity (Wildman–Crippen MR) is 123 cm³/mol. The van der Waals surface area contributed by atoms with E-state index in [4.69, 9.17) is 16.6 Å². The van der Waals surface area contributed by atoms with Crippen LogP contribution in [-0.4, -0.2) is 60.5 Å². The van der Waals surface area contributed by atoms with Crippen LogP contribution < -0.4 is 21.3 Å². The van der Waals surface area contributed by atoms with E-state index >= 15 is 0 Å². The number of nitrogens with one attached hydrogen (secondary N) is 3. The molecule has 0 spiro atoms. The first-order valence-electron chi connectivity index (χ1n) is 9.98. The summed E-state index contributed by atoms with van der Waals surface area (Å²) in [6.45, 7) is 0.409. The number of hydrogen-bond donors (Lipinski definition) is 6. The molecule has 2 heterocycles. The van der Waals surface area contributed by atoms with Crippen molar-refractivity contribution >= 4 is 31.1 Å². The summed E-state index contributed by atoms with van der Waals surface area (Å²) in [5.74, 6) is 0.350. The molecular weight excluding hydrogens is 484 g/mol. The molecule has 0 saturated carbocycles. The lowest BCUT2D eigenvalue weighted by atomic mass is 9.98. The number of imidazole rings is 1. The number of para-hydroxylation sites is 1. The highest BCUT2D eigenvalue weighted by molar-refractivity contribution is 7.92. The number of primary sulfonamides is 1. The fraction of sp³-hybridized carbons (Fsp3) is 0.222. The Balaban J connectivity index is 2.07. The summed E-state index contributed by atoms with van der Waals surface area (Å²) in [5, 5.41) is 19.1. The number of benzene rings is 2. The summed E-state index contributed by atoms with van der Waals surface area (Å²) in [6.07, 6.45) is 0.352. The molecule has 0 aliphatic rings. The van der Waals surface area contributed by atoms with Crippen molar-refractivity contribution in [1.82, 2.24) is 35.3 Å². The van der Waals surface area contributed by atoms with Gasteiger partial charge in [-0.3, -0.25) is 0 Å². The van der Waals surface area contributed by atoms with Gasteiger partial charge in [0, 0.05) is 12.1 Å². The molecule has 2 aromatic carbocycles. The maximum atomic E-state index is 13.0. The number of aromatic amines is 2. The van der Waals surface area contributed by atoms with Gasteiger partial charge in [-0.2, -0.15) is 5.21 Å². The third-order valence-electron chi connectivity index (χ3n) is 4.98. The smallest absolute Gasteiger partial charge is 0.241 e. The van der Waals surface area contributed by atoms with Crippen molar-refractivity contribution in [1.29, 1.82) is 0 Å². The molecule has 16 heteroatoms. The van der Waals surface area contributed by atoms with Crippen LogP contribution in [0.15, 0.2) is 40.1 Å². The fourth-order valence-electron chi connectivity index (χ4n) is 3.56. The van der Waals surface area contributed by atoms with Gasteiger partial charge in [0.25, 0.3) is 0 Å². The van der Waals surface area contributed by atoms with Crippen molar-refractivity contribution in [2.24, 2.45) is 16.6 Å². The molecule has 180 valence electrons.